The van der Waals surface area contributed by atoms with Gasteiger partial charge in [-0.05, 0) is 25.1 Å². The molecule has 2 aromatic carbocycles. The molecule has 15 nitrogen and oxygen atoms in total. The Bertz CT molecular complexity index is 1330. The second-order valence-corrected chi connectivity index (χ2v) is 10.4. The van der Waals surface area contributed by atoms with Gasteiger partial charge in [-0.25, -0.2) is 0 Å². The third-order valence-electron chi connectivity index (χ3n) is 7.54. The van der Waals surface area contributed by atoms with Gasteiger partial charge in [0, 0.05) is 17.7 Å². The predicted molar refractivity (Wildman–Crippen MR) is 142 cm³/mol. The highest BCUT2D eigenvalue weighted by molar-refractivity contribution is 5.70. The Morgan fingerprint density at radius 3 is 2.12 bits per heavy atom. The molecule has 3 aliphatic heterocycles. The lowest BCUT2D eigenvalue weighted by Crippen LogP contribution is -2.60. The van der Waals surface area contributed by atoms with E-state index in [1.54, 1.807) is 0 Å². The highest BCUT2D eigenvalue weighted by Crippen LogP contribution is 2.46. The number of methoxy groups -OCH3 is 1. The van der Waals surface area contributed by atoms with Gasteiger partial charge in [0.05, 0.1) is 25.4 Å². The Balaban J connectivity index is 1.55. The van der Waals surface area contributed by atoms with Crippen LogP contribution < -0.4 is 14.2 Å². The maximum atomic E-state index is 10.6. The minimum atomic E-state index is -1.75. The Morgan fingerprint density at radius 2 is 1.44 bits per heavy atom. The van der Waals surface area contributed by atoms with Gasteiger partial charge in [-0.3, -0.25) is 0 Å². The zero-order valence-corrected chi connectivity index (χ0v) is 23.0. The first kappa shape index (κ1) is 31.1. The number of phenolic OH excluding ortho intramolecular Hbond substituents is 2. The number of rotatable bonds is 7. The van der Waals surface area contributed by atoms with Crippen molar-refractivity contribution in [3.63, 3.8) is 0 Å². The number of aliphatic hydroxyl groups excluding tert-OH is 7. The van der Waals surface area contributed by atoms with E-state index in [9.17, 15) is 46.0 Å². The number of aliphatic hydroxyl groups is 7. The zero-order valence-electron chi connectivity index (χ0n) is 23.0. The van der Waals surface area contributed by atoms with Crippen LogP contribution in [0.5, 0.6) is 28.7 Å². The standard InChI is InChI=1S/C28H34O15/c1-10-20(32)22(34)24(36)27(39-10)42-18-8-13-15(40-26(18)11-3-4-14(31)17(5-11)38-2)6-12(30)7-16(13)41-28-25(37)23(35)21(33)19(9-29)43-28/h3-8,10,19-37H,9H2,1-2H3. The summed E-state index contributed by atoms with van der Waals surface area (Å²) in [6.07, 6.45) is -14.7. The Kier molecular flexibility index (Phi) is 8.89. The summed E-state index contributed by atoms with van der Waals surface area (Å²) in [5.41, 5.74) is 0.538. The number of hydrogen-bond donors (Lipinski definition) is 9. The number of aromatic hydroxyl groups is 2. The van der Waals surface area contributed by atoms with Crippen molar-refractivity contribution in [2.75, 3.05) is 13.7 Å². The molecule has 0 aliphatic carbocycles. The minimum Gasteiger partial charge on any atom is -0.508 e. The molecule has 11 unspecified atom stereocenters. The molecule has 0 aromatic heterocycles. The van der Waals surface area contributed by atoms with Gasteiger partial charge >= 0.3 is 0 Å². The van der Waals surface area contributed by atoms with Crippen molar-refractivity contribution in [3.05, 3.63) is 47.2 Å². The van der Waals surface area contributed by atoms with Crippen LogP contribution >= 0.6 is 0 Å². The van der Waals surface area contributed by atoms with Gasteiger partial charge in [0.15, 0.2) is 17.6 Å². The van der Waals surface area contributed by atoms with E-state index in [1.807, 2.05) is 0 Å². The smallest absolute Gasteiger partial charge is 0.229 e. The molecule has 9 N–H and O–H groups in total. The molecular weight excluding hydrogens is 576 g/mol. The van der Waals surface area contributed by atoms with E-state index in [0.29, 0.717) is 5.56 Å². The fourth-order valence-corrected chi connectivity index (χ4v) is 5.05. The summed E-state index contributed by atoms with van der Waals surface area (Å²) in [5, 5.41) is 91.9. The molecule has 236 valence electrons. The third kappa shape index (κ3) is 5.91. The summed E-state index contributed by atoms with van der Waals surface area (Å²) in [7, 11) is 1.35. The normalized spacial score (nSPS) is 35.7. The van der Waals surface area contributed by atoms with Crippen molar-refractivity contribution in [1.82, 2.24) is 0 Å². The molecular formula is C28H34O15. The zero-order chi connectivity index (χ0) is 31.2. The molecule has 3 aliphatic rings. The monoisotopic (exact) mass is 610 g/mol. The van der Waals surface area contributed by atoms with Crippen molar-refractivity contribution in [2.45, 2.75) is 74.4 Å². The summed E-state index contributed by atoms with van der Waals surface area (Å²) < 4.78 is 34.3. The summed E-state index contributed by atoms with van der Waals surface area (Å²) >= 11 is 0. The number of ether oxygens (including phenoxy) is 6. The number of phenols is 2. The Labute approximate surface area is 244 Å². The molecule has 0 amide bonds. The van der Waals surface area contributed by atoms with Crippen LogP contribution in [0.15, 0.2) is 36.1 Å². The van der Waals surface area contributed by atoms with Crippen LogP contribution in [0.1, 0.15) is 24.2 Å². The van der Waals surface area contributed by atoms with Crippen molar-refractivity contribution >= 4 is 6.08 Å². The molecule has 2 fully saturated rings. The average molecular weight is 611 g/mol. The second kappa shape index (κ2) is 12.3. The van der Waals surface area contributed by atoms with E-state index < -0.39 is 74.1 Å². The lowest BCUT2D eigenvalue weighted by Gasteiger charge is -2.41. The molecule has 5 rings (SSSR count). The molecule has 11 atom stereocenters. The Hall–Kier alpha value is -3.38. The summed E-state index contributed by atoms with van der Waals surface area (Å²) in [5.74, 6) is -0.456. The maximum absolute atomic E-state index is 10.6. The largest absolute Gasteiger partial charge is 0.508 e. The summed E-state index contributed by atoms with van der Waals surface area (Å²) in [4.78, 5) is 0. The van der Waals surface area contributed by atoms with Crippen LogP contribution in [0.4, 0.5) is 0 Å². The van der Waals surface area contributed by atoms with Crippen molar-refractivity contribution in [3.8, 4) is 28.7 Å². The van der Waals surface area contributed by atoms with Crippen molar-refractivity contribution in [1.29, 1.82) is 0 Å². The number of hydrogen-bond acceptors (Lipinski definition) is 15. The first-order chi connectivity index (χ1) is 20.4. The fourth-order valence-electron chi connectivity index (χ4n) is 5.05. The van der Waals surface area contributed by atoms with Crippen LogP contribution in [0.25, 0.3) is 6.08 Å². The lowest BCUT2D eigenvalue weighted by atomic mass is 9.98. The second-order valence-electron chi connectivity index (χ2n) is 10.4. The molecule has 15 heteroatoms. The van der Waals surface area contributed by atoms with E-state index in [2.05, 4.69) is 0 Å². The fraction of sp³-hybridized carbons (Fsp3) is 0.500. The quantitative estimate of drug-likeness (QED) is 0.175. The van der Waals surface area contributed by atoms with E-state index in [1.165, 1.54) is 44.4 Å². The van der Waals surface area contributed by atoms with Gasteiger partial charge in [-0.1, -0.05) is 6.07 Å². The van der Waals surface area contributed by atoms with Gasteiger partial charge in [-0.2, -0.15) is 0 Å². The number of fused-ring (bicyclic) bond motifs is 1. The molecule has 0 saturated carbocycles. The van der Waals surface area contributed by atoms with Gasteiger partial charge in [0.1, 0.15) is 65.7 Å². The van der Waals surface area contributed by atoms with Crippen LogP contribution in [0.2, 0.25) is 0 Å². The first-order valence-corrected chi connectivity index (χ1v) is 13.4. The van der Waals surface area contributed by atoms with Crippen LogP contribution in [-0.4, -0.2) is 121 Å². The molecule has 0 bridgehead atoms. The highest BCUT2D eigenvalue weighted by Gasteiger charge is 2.46. The molecule has 2 saturated heterocycles. The SMILES string of the molecule is COc1cc(C2Oc3cc(O)cc(OC4OC(CO)C(O)C(O)C4O)c3C=C2OC2OC(C)C(O)C(O)C2O)ccc1O. The predicted octanol–water partition coefficient (Wildman–Crippen LogP) is -1.40. The first-order valence-electron chi connectivity index (χ1n) is 13.4. The van der Waals surface area contributed by atoms with E-state index >= 15 is 0 Å². The van der Waals surface area contributed by atoms with Crippen LogP contribution in [0.3, 0.4) is 0 Å². The highest BCUT2D eigenvalue weighted by atomic mass is 16.7. The van der Waals surface area contributed by atoms with Gasteiger partial charge < -0.3 is 74.4 Å². The molecule has 0 radical (unpaired) electrons. The summed E-state index contributed by atoms with van der Waals surface area (Å²) in [6.45, 7) is 0.791. The molecule has 2 aromatic rings. The van der Waals surface area contributed by atoms with Gasteiger partial charge in [-0.15, -0.1) is 0 Å². The van der Waals surface area contributed by atoms with Gasteiger partial charge in [0.2, 0.25) is 12.6 Å². The van der Waals surface area contributed by atoms with E-state index in [0.717, 1.165) is 6.07 Å². The lowest BCUT2D eigenvalue weighted by molar-refractivity contribution is -0.285. The van der Waals surface area contributed by atoms with Gasteiger partial charge in [0.25, 0.3) is 0 Å². The average Bonchev–Trinajstić information content (AvgIpc) is 2.99. The van der Waals surface area contributed by atoms with Crippen LogP contribution in [0, 0.1) is 0 Å². The summed E-state index contributed by atoms with van der Waals surface area (Å²) in [6, 6.07) is 6.76. The van der Waals surface area contributed by atoms with Crippen LogP contribution in [-0.2, 0) is 14.2 Å². The maximum Gasteiger partial charge on any atom is 0.229 e. The van der Waals surface area contributed by atoms with Crippen molar-refractivity contribution in [2.24, 2.45) is 0 Å². The van der Waals surface area contributed by atoms with Crippen molar-refractivity contribution < 1.29 is 74.4 Å². The van der Waals surface area contributed by atoms with E-state index in [4.69, 9.17) is 28.4 Å². The minimum absolute atomic E-state index is 0.00979. The molecule has 43 heavy (non-hydrogen) atoms. The number of benzene rings is 2. The topological polar surface area (TPSA) is 237 Å². The molecule has 3 heterocycles. The third-order valence-corrected chi connectivity index (χ3v) is 7.54. The van der Waals surface area contributed by atoms with E-state index in [-0.39, 0.29) is 40.1 Å². The Morgan fingerprint density at radius 1 is 0.767 bits per heavy atom. The molecule has 0 spiro atoms.